The first-order valence-electron chi connectivity index (χ1n) is 5.68. The average molecular weight is 218 g/mol. The lowest BCUT2D eigenvalue weighted by molar-refractivity contribution is -0.122. The van der Waals surface area contributed by atoms with Crippen LogP contribution in [0.1, 0.15) is 25.3 Å². The molecular formula is C13H18N2O. The molecular weight excluding hydrogens is 200 g/mol. The zero-order valence-electron chi connectivity index (χ0n) is 9.79. The van der Waals surface area contributed by atoms with Crippen LogP contribution >= 0.6 is 0 Å². The summed E-state index contributed by atoms with van der Waals surface area (Å²) in [7, 11) is 0. The quantitative estimate of drug-likeness (QED) is 0.812. The van der Waals surface area contributed by atoms with Gasteiger partial charge >= 0.3 is 0 Å². The Hall–Kier alpha value is -1.51. The van der Waals surface area contributed by atoms with Gasteiger partial charge in [0.25, 0.3) is 0 Å². The lowest BCUT2D eigenvalue weighted by atomic mass is 9.94. The molecule has 0 aliphatic heterocycles. The van der Waals surface area contributed by atoms with E-state index < -0.39 is 5.54 Å². The molecule has 1 aromatic rings. The van der Waals surface area contributed by atoms with Crippen LogP contribution in [0, 0.1) is 12.8 Å². The Morgan fingerprint density at radius 1 is 1.44 bits per heavy atom. The molecule has 0 saturated heterocycles. The van der Waals surface area contributed by atoms with E-state index in [-0.39, 0.29) is 5.91 Å². The third kappa shape index (κ3) is 1.90. The monoisotopic (exact) mass is 218 g/mol. The molecule has 0 heterocycles. The molecule has 3 N–H and O–H groups in total. The Kier molecular flexibility index (Phi) is 2.62. The number of primary amides is 1. The fourth-order valence-electron chi connectivity index (χ4n) is 2.02. The second kappa shape index (κ2) is 3.81. The molecule has 3 nitrogen and oxygen atoms in total. The number of amides is 1. The Morgan fingerprint density at radius 3 is 2.56 bits per heavy atom. The minimum atomic E-state index is -0.605. The molecule has 0 bridgehead atoms. The van der Waals surface area contributed by atoms with Crippen LogP contribution in [0.3, 0.4) is 0 Å². The standard InChI is InChI=1S/C13H18N2O/c1-9-5-3-4-6-11(9)15-13(2,12(14)16)10-7-8-10/h3-6,10,15H,7-8H2,1-2H3,(H2,14,16). The molecule has 1 fully saturated rings. The van der Waals surface area contributed by atoms with E-state index in [1.165, 1.54) is 0 Å². The molecule has 16 heavy (non-hydrogen) atoms. The van der Waals surface area contributed by atoms with E-state index in [9.17, 15) is 4.79 Å². The molecule has 2 rings (SSSR count). The molecule has 0 aromatic heterocycles. The van der Waals surface area contributed by atoms with Crippen LogP contribution in [0.15, 0.2) is 24.3 Å². The van der Waals surface area contributed by atoms with Gasteiger partial charge in [0.1, 0.15) is 5.54 Å². The van der Waals surface area contributed by atoms with Crippen LogP contribution in [-0.4, -0.2) is 11.4 Å². The highest BCUT2D eigenvalue weighted by atomic mass is 16.1. The number of anilines is 1. The fraction of sp³-hybridized carbons (Fsp3) is 0.462. The molecule has 1 amide bonds. The van der Waals surface area contributed by atoms with Crippen molar-refractivity contribution in [2.75, 3.05) is 5.32 Å². The van der Waals surface area contributed by atoms with Crippen molar-refractivity contribution in [2.24, 2.45) is 11.7 Å². The van der Waals surface area contributed by atoms with Crippen LogP contribution in [-0.2, 0) is 4.79 Å². The second-order valence-electron chi connectivity index (χ2n) is 4.78. The van der Waals surface area contributed by atoms with Crippen molar-refractivity contribution in [1.82, 2.24) is 0 Å². The summed E-state index contributed by atoms with van der Waals surface area (Å²) >= 11 is 0. The summed E-state index contributed by atoms with van der Waals surface area (Å²) in [5.41, 5.74) is 7.03. The number of hydrogen-bond donors (Lipinski definition) is 2. The summed E-state index contributed by atoms with van der Waals surface area (Å²) in [5, 5.41) is 3.31. The van der Waals surface area contributed by atoms with Crippen molar-refractivity contribution in [1.29, 1.82) is 0 Å². The van der Waals surface area contributed by atoms with E-state index in [1.807, 2.05) is 38.1 Å². The van der Waals surface area contributed by atoms with Crippen LogP contribution in [0.5, 0.6) is 0 Å². The van der Waals surface area contributed by atoms with Gasteiger partial charge in [0.05, 0.1) is 0 Å². The van der Waals surface area contributed by atoms with Crippen molar-refractivity contribution in [3.05, 3.63) is 29.8 Å². The Labute approximate surface area is 96.0 Å². The Balaban J connectivity index is 2.24. The first kappa shape index (κ1) is 11.0. The summed E-state index contributed by atoms with van der Waals surface area (Å²) in [6, 6.07) is 7.96. The van der Waals surface area contributed by atoms with Crippen LogP contribution in [0.25, 0.3) is 0 Å². The van der Waals surface area contributed by atoms with Crippen molar-refractivity contribution in [3.63, 3.8) is 0 Å². The van der Waals surface area contributed by atoms with Crippen LogP contribution in [0.4, 0.5) is 5.69 Å². The zero-order chi connectivity index (χ0) is 11.8. The Morgan fingerprint density at radius 2 is 2.06 bits per heavy atom. The van der Waals surface area contributed by atoms with E-state index in [4.69, 9.17) is 5.73 Å². The smallest absolute Gasteiger partial charge is 0.243 e. The number of nitrogens with one attached hydrogen (secondary N) is 1. The molecule has 1 unspecified atom stereocenters. The van der Waals surface area contributed by atoms with Crippen molar-refractivity contribution in [2.45, 2.75) is 32.2 Å². The number of carbonyl (C=O) groups excluding carboxylic acids is 1. The Bertz CT molecular complexity index is 412. The minimum absolute atomic E-state index is 0.266. The van der Waals surface area contributed by atoms with Crippen molar-refractivity contribution in [3.8, 4) is 0 Å². The van der Waals surface area contributed by atoms with Gasteiger partial charge in [-0.1, -0.05) is 18.2 Å². The van der Waals surface area contributed by atoms with Crippen LogP contribution < -0.4 is 11.1 Å². The van der Waals surface area contributed by atoms with E-state index in [0.717, 1.165) is 24.1 Å². The molecule has 1 aliphatic rings. The summed E-state index contributed by atoms with van der Waals surface area (Å²) < 4.78 is 0. The molecule has 86 valence electrons. The maximum Gasteiger partial charge on any atom is 0.243 e. The third-order valence-corrected chi connectivity index (χ3v) is 3.45. The first-order valence-corrected chi connectivity index (χ1v) is 5.68. The SMILES string of the molecule is Cc1ccccc1NC(C)(C(N)=O)C1CC1. The van der Waals surface area contributed by atoms with Gasteiger partial charge in [0, 0.05) is 5.69 Å². The van der Waals surface area contributed by atoms with Gasteiger partial charge in [-0.15, -0.1) is 0 Å². The highest BCUT2D eigenvalue weighted by molar-refractivity contribution is 5.88. The number of carbonyl (C=O) groups is 1. The normalized spacial score (nSPS) is 18.9. The second-order valence-corrected chi connectivity index (χ2v) is 4.78. The van der Waals surface area contributed by atoms with Gasteiger partial charge in [0.2, 0.25) is 5.91 Å². The van der Waals surface area contributed by atoms with E-state index in [2.05, 4.69) is 5.32 Å². The summed E-state index contributed by atoms with van der Waals surface area (Å²) in [6.45, 7) is 3.93. The molecule has 3 heteroatoms. The number of nitrogens with two attached hydrogens (primary N) is 1. The lowest BCUT2D eigenvalue weighted by Gasteiger charge is -2.29. The lowest BCUT2D eigenvalue weighted by Crippen LogP contribution is -2.50. The number of para-hydroxylation sites is 1. The maximum atomic E-state index is 11.6. The van der Waals surface area contributed by atoms with Crippen molar-refractivity contribution >= 4 is 11.6 Å². The largest absolute Gasteiger partial charge is 0.371 e. The number of aryl methyl sites for hydroxylation is 1. The summed E-state index contributed by atoms with van der Waals surface area (Å²) in [5.74, 6) is 0.114. The molecule has 1 atom stereocenters. The predicted octanol–water partition coefficient (Wildman–Crippen LogP) is 2.06. The molecule has 0 radical (unpaired) electrons. The third-order valence-electron chi connectivity index (χ3n) is 3.45. The van der Waals surface area contributed by atoms with Gasteiger partial charge in [0.15, 0.2) is 0 Å². The maximum absolute atomic E-state index is 11.6. The number of hydrogen-bond acceptors (Lipinski definition) is 2. The van der Waals surface area contributed by atoms with Gasteiger partial charge < -0.3 is 11.1 Å². The average Bonchev–Trinajstić information content (AvgIpc) is 3.04. The van der Waals surface area contributed by atoms with Gasteiger partial charge in [-0.25, -0.2) is 0 Å². The van der Waals surface area contributed by atoms with Gasteiger partial charge in [-0.3, -0.25) is 4.79 Å². The molecule has 0 spiro atoms. The molecule has 1 aromatic carbocycles. The fourth-order valence-corrected chi connectivity index (χ4v) is 2.02. The van der Waals surface area contributed by atoms with E-state index in [0.29, 0.717) is 5.92 Å². The van der Waals surface area contributed by atoms with Gasteiger partial charge in [-0.05, 0) is 44.2 Å². The summed E-state index contributed by atoms with van der Waals surface area (Å²) in [4.78, 5) is 11.6. The molecule has 1 aliphatic carbocycles. The number of rotatable bonds is 4. The zero-order valence-corrected chi connectivity index (χ0v) is 9.79. The minimum Gasteiger partial charge on any atom is -0.371 e. The molecule has 1 saturated carbocycles. The summed E-state index contributed by atoms with van der Waals surface area (Å²) in [6.07, 6.45) is 2.16. The first-order chi connectivity index (χ1) is 7.54. The number of benzene rings is 1. The van der Waals surface area contributed by atoms with Crippen molar-refractivity contribution < 1.29 is 4.79 Å². The highest BCUT2D eigenvalue weighted by Gasteiger charge is 2.46. The van der Waals surface area contributed by atoms with Crippen LogP contribution in [0.2, 0.25) is 0 Å². The van der Waals surface area contributed by atoms with Gasteiger partial charge in [-0.2, -0.15) is 0 Å². The van der Waals surface area contributed by atoms with E-state index >= 15 is 0 Å². The topological polar surface area (TPSA) is 55.1 Å². The predicted molar refractivity (Wildman–Crippen MR) is 65.1 cm³/mol. The van der Waals surface area contributed by atoms with E-state index in [1.54, 1.807) is 0 Å². The highest BCUT2D eigenvalue weighted by Crippen LogP contribution is 2.41.